The summed E-state index contributed by atoms with van der Waals surface area (Å²) in [6.45, 7) is 0.657. The minimum atomic E-state index is 0.0966. The first-order chi connectivity index (χ1) is 7.76. The second kappa shape index (κ2) is 5.11. The molecule has 1 saturated carbocycles. The second-order valence-corrected chi connectivity index (χ2v) is 5.79. The molecule has 1 aromatic rings. The maximum absolute atomic E-state index is 12.1. The van der Waals surface area contributed by atoms with Crippen molar-refractivity contribution in [3.8, 4) is 0 Å². The molecule has 0 saturated heterocycles. The summed E-state index contributed by atoms with van der Waals surface area (Å²) in [5.41, 5.74) is 5.99. The van der Waals surface area contributed by atoms with Gasteiger partial charge in [0.15, 0.2) is 5.78 Å². The van der Waals surface area contributed by atoms with Gasteiger partial charge in [0, 0.05) is 6.42 Å². The van der Waals surface area contributed by atoms with Gasteiger partial charge in [-0.05, 0) is 36.2 Å². The second-order valence-electron chi connectivity index (χ2n) is 4.84. The van der Waals surface area contributed by atoms with Gasteiger partial charge in [-0.3, -0.25) is 4.79 Å². The van der Waals surface area contributed by atoms with Gasteiger partial charge in [-0.2, -0.15) is 0 Å². The van der Waals surface area contributed by atoms with E-state index in [4.69, 9.17) is 5.73 Å². The van der Waals surface area contributed by atoms with Crippen LogP contribution in [0.4, 0.5) is 0 Å². The van der Waals surface area contributed by atoms with Crippen molar-refractivity contribution in [2.75, 3.05) is 6.54 Å². The summed E-state index contributed by atoms with van der Waals surface area (Å²) in [5, 5.41) is 1.96. The summed E-state index contributed by atoms with van der Waals surface area (Å²) in [4.78, 5) is 13.0. The number of thiophene rings is 1. The molecule has 1 heterocycles. The Kier molecular flexibility index (Phi) is 3.77. The van der Waals surface area contributed by atoms with Crippen molar-refractivity contribution in [1.29, 1.82) is 0 Å². The lowest BCUT2D eigenvalue weighted by atomic mass is 9.71. The molecule has 0 aromatic carbocycles. The molecule has 0 unspecified atom stereocenters. The summed E-state index contributed by atoms with van der Waals surface area (Å²) in [6.07, 6.45) is 6.66. The van der Waals surface area contributed by atoms with Crippen LogP contribution >= 0.6 is 11.3 Å². The maximum Gasteiger partial charge on any atom is 0.173 e. The lowest BCUT2D eigenvalue weighted by molar-refractivity contribution is 0.0872. The molecule has 2 N–H and O–H groups in total. The summed E-state index contributed by atoms with van der Waals surface area (Å²) < 4.78 is 0. The number of ketones is 1. The van der Waals surface area contributed by atoms with Crippen LogP contribution < -0.4 is 5.73 Å². The lowest BCUT2D eigenvalue weighted by Crippen LogP contribution is -2.34. The molecule has 88 valence electrons. The number of carbonyl (C=O) groups is 1. The molecular weight excluding hydrogens is 218 g/mol. The number of hydrogen-bond donors (Lipinski definition) is 1. The van der Waals surface area contributed by atoms with Gasteiger partial charge in [0.2, 0.25) is 0 Å². The quantitative estimate of drug-likeness (QED) is 0.817. The van der Waals surface area contributed by atoms with Crippen LogP contribution in [0.3, 0.4) is 0 Å². The van der Waals surface area contributed by atoms with Crippen LogP contribution in [0.5, 0.6) is 0 Å². The lowest BCUT2D eigenvalue weighted by Gasteiger charge is -2.35. The fourth-order valence-electron chi connectivity index (χ4n) is 2.62. The van der Waals surface area contributed by atoms with Gasteiger partial charge in [0.25, 0.3) is 0 Å². The molecule has 16 heavy (non-hydrogen) atoms. The molecule has 1 fully saturated rings. The highest BCUT2D eigenvalue weighted by molar-refractivity contribution is 7.12. The Balaban J connectivity index is 2.03. The minimum Gasteiger partial charge on any atom is -0.330 e. The summed E-state index contributed by atoms with van der Waals surface area (Å²) in [7, 11) is 0. The first-order valence-corrected chi connectivity index (χ1v) is 6.90. The normalized spacial score (nSPS) is 19.6. The number of rotatable bonds is 4. The summed E-state index contributed by atoms with van der Waals surface area (Å²) in [6, 6.07) is 3.86. The van der Waals surface area contributed by atoms with Crippen LogP contribution in [0, 0.1) is 5.41 Å². The van der Waals surface area contributed by atoms with Crippen molar-refractivity contribution in [3.05, 3.63) is 22.4 Å². The van der Waals surface area contributed by atoms with Crippen LogP contribution in [-0.2, 0) is 0 Å². The Morgan fingerprint density at radius 2 is 2.12 bits per heavy atom. The maximum atomic E-state index is 12.1. The monoisotopic (exact) mass is 237 g/mol. The van der Waals surface area contributed by atoms with E-state index in [9.17, 15) is 4.79 Å². The molecule has 3 heteroatoms. The Hall–Kier alpha value is -0.670. The average molecular weight is 237 g/mol. The van der Waals surface area contributed by atoms with Crippen LogP contribution in [0.15, 0.2) is 17.5 Å². The zero-order valence-electron chi connectivity index (χ0n) is 9.58. The van der Waals surface area contributed by atoms with Gasteiger partial charge in [0.05, 0.1) is 4.88 Å². The third-order valence-electron chi connectivity index (χ3n) is 3.68. The molecule has 2 nitrogen and oxygen atoms in total. The van der Waals surface area contributed by atoms with Crippen LogP contribution in [0.2, 0.25) is 0 Å². The third kappa shape index (κ3) is 2.53. The van der Waals surface area contributed by atoms with Gasteiger partial charge >= 0.3 is 0 Å². The summed E-state index contributed by atoms with van der Waals surface area (Å²) >= 11 is 1.54. The molecular formula is C13H19NOS. The Bertz CT molecular complexity index is 339. The molecule has 0 amide bonds. The SMILES string of the molecule is NCC1(CC(=O)c2cccs2)CCCCC1. The van der Waals surface area contributed by atoms with E-state index < -0.39 is 0 Å². The van der Waals surface area contributed by atoms with E-state index in [-0.39, 0.29) is 11.2 Å². The number of nitrogens with two attached hydrogens (primary N) is 1. The first kappa shape index (κ1) is 11.8. The zero-order valence-corrected chi connectivity index (χ0v) is 10.4. The minimum absolute atomic E-state index is 0.0966. The van der Waals surface area contributed by atoms with Crippen molar-refractivity contribution >= 4 is 17.1 Å². The zero-order chi connectivity index (χ0) is 11.4. The molecule has 0 radical (unpaired) electrons. The number of hydrogen-bond acceptors (Lipinski definition) is 3. The Morgan fingerprint density at radius 3 is 2.69 bits per heavy atom. The van der Waals surface area contributed by atoms with E-state index in [0.29, 0.717) is 13.0 Å². The van der Waals surface area contributed by atoms with E-state index in [2.05, 4.69) is 0 Å². The molecule has 1 aliphatic rings. The average Bonchev–Trinajstić information content (AvgIpc) is 2.84. The highest BCUT2D eigenvalue weighted by atomic mass is 32.1. The smallest absolute Gasteiger partial charge is 0.173 e. The highest BCUT2D eigenvalue weighted by Crippen LogP contribution is 2.39. The van der Waals surface area contributed by atoms with Gasteiger partial charge in [-0.15, -0.1) is 11.3 Å². The number of Topliss-reactive ketones (excluding diaryl/α,β-unsaturated/α-hetero) is 1. The van der Waals surface area contributed by atoms with E-state index in [1.807, 2.05) is 17.5 Å². The van der Waals surface area contributed by atoms with Gasteiger partial charge in [0.1, 0.15) is 0 Å². The molecule has 0 spiro atoms. The van der Waals surface area contributed by atoms with E-state index in [1.54, 1.807) is 0 Å². The predicted octanol–water partition coefficient (Wildman–Crippen LogP) is 3.23. The van der Waals surface area contributed by atoms with E-state index >= 15 is 0 Å². The Morgan fingerprint density at radius 1 is 1.38 bits per heavy atom. The molecule has 1 aromatic heterocycles. The van der Waals surface area contributed by atoms with Crippen molar-refractivity contribution in [1.82, 2.24) is 0 Å². The molecule has 0 aliphatic heterocycles. The van der Waals surface area contributed by atoms with Gasteiger partial charge < -0.3 is 5.73 Å². The first-order valence-electron chi connectivity index (χ1n) is 6.03. The highest BCUT2D eigenvalue weighted by Gasteiger charge is 2.33. The van der Waals surface area contributed by atoms with E-state index in [1.165, 1.54) is 30.6 Å². The van der Waals surface area contributed by atoms with Crippen LogP contribution in [0.1, 0.15) is 48.2 Å². The standard InChI is InChI=1S/C13H19NOS/c14-10-13(6-2-1-3-7-13)9-11(15)12-5-4-8-16-12/h4-5,8H,1-3,6-7,9-10,14H2. The van der Waals surface area contributed by atoms with Crippen LogP contribution in [0.25, 0.3) is 0 Å². The fraction of sp³-hybridized carbons (Fsp3) is 0.615. The van der Waals surface area contributed by atoms with Crippen molar-refractivity contribution in [2.24, 2.45) is 11.1 Å². The van der Waals surface area contributed by atoms with Crippen LogP contribution in [-0.4, -0.2) is 12.3 Å². The third-order valence-corrected chi connectivity index (χ3v) is 4.59. The fourth-order valence-corrected chi connectivity index (χ4v) is 3.28. The molecule has 0 atom stereocenters. The Labute approximate surface area is 101 Å². The number of carbonyl (C=O) groups excluding carboxylic acids is 1. The predicted molar refractivity (Wildman–Crippen MR) is 67.8 cm³/mol. The topological polar surface area (TPSA) is 43.1 Å². The van der Waals surface area contributed by atoms with Gasteiger partial charge in [-0.25, -0.2) is 0 Å². The van der Waals surface area contributed by atoms with Crippen molar-refractivity contribution < 1.29 is 4.79 Å². The van der Waals surface area contributed by atoms with Crippen molar-refractivity contribution in [3.63, 3.8) is 0 Å². The summed E-state index contributed by atoms with van der Waals surface area (Å²) in [5.74, 6) is 0.280. The van der Waals surface area contributed by atoms with Crippen molar-refractivity contribution in [2.45, 2.75) is 38.5 Å². The van der Waals surface area contributed by atoms with Gasteiger partial charge in [-0.1, -0.05) is 25.3 Å². The molecule has 1 aliphatic carbocycles. The largest absolute Gasteiger partial charge is 0.330 e. The van der Waals surface area contributed by atoms with E-state index in [0.717, 1.165) is 17.7 Å². The molecule has 2 rings (SSSR count). The molecule has 0 bridgehead atoms.